The maximum atomic E-state index is 12.6. The summed E-state index contributed by atoms with van der Waals surface area (Å²) < 4.78 is 27.7. The Hall–Kier alpha value is -1.86. The number of halogens is 1. The molecule has 2 aromatic carbocycles. The van der Waals surface area contributed by atoms with Crippen molar-refractivity contribution >= 4 is 32.7 Å². The third-order valence-electron chi connectivity index (χ3n) is 5.67. The van der Waals surface area contributed by atoms with E-state index >= 15 is 0 Å². The molecule has 1 aromatic heterocycles. The molecule has 1 aliphatic heterocycles. The highest BCUT2D eigenvalue weighted by Gasteiger charge is 2.36. The first-order valence-electron chi connectivity index (χ1n) is 9.32. The second-order valence-electron chi connectivity index (χ2n) is 7.66. The van der Waals surface area contributed by atoms with Crippen molar-refractivity contribution in [2.45, 2.75) is 18.3 Å². The normalized spacial score (nSPS) is 20.3. The lowest BCUT2D eigenvalue weighted by Crippen LogP contribution is -2.31. The molecular weight excluding hydrogens is 394 g/mol. The van der Waals surface area contributed by atoms with E-state index in [0.717, 1.165) is 31.3 Å². The van der Waals surface area contributed by atoms with Crippen molar-refractivity contribution in [3.8, 4) is 0 Å². The van der Waals surface area contributed by atoms with Gasteiger partial charge in [-0.1, -0.05) is 48.0 Å². The smallest absolute Gasteiger partial charge is 0.307 e. The zero-order chi connectivity index (χ0) is 19.9. The molecule has 1 atom stereocenters. The van der Waals surface area contributed by atoms with Crippen molar-refractivity contribution < 1.29 is 8.42 Å². The fourth-order valence-corrected chi connectivity index (χ4v) is 5.39. The fourth-order valence-electron chi connectivity index (χ4n) is 4.09. The third kappa shape index (κ3) is 3.24. The molecule has 1 aliphatic rings. The zero-order valence-electron chi connectivity index (χ0n) is 16.0. The minimum absolute atomic E-state index is 0.0264. The Bertz CT molecular complexity index is 1100. The van der Waals surface area contributed by atoms with Crippen LogP contribution in [0.2, 0.25) is 5.02 Å². The molecule has 0 spiro atoms. The van der Waals surface area contributed by atoms with Crippen LogP contribution >= 0.6 is 11.6 Å². The van der Waals surface area contributed by atoms with Crippen LogP contribution in [-0.4, -0.2) is 43.9 Å². The molecule has 0 bridgehead atoms. The van der Waals surface area contributed by atoms with Crippen LogP contribution < -0.4 is 5.32 Å². The predicted octanol–water partition coefficient (Wildman–Crippen LogP) is 3.42. The quantitative estimate of drug-likeness (QED) is 0.692. The Balaban J connectivity index is 1.82. The molecule has 1 fully saturated rings. The Morgan fingerprint density at radius 1 is 1.18 bits per heavy atom. The van der Waals surface area contributed by atoms with Gasteiger partial charge in [0.1, 0.15) is 0 Å². The Morgan fingerprint density at radius 2 is 1.93 bits per heavy atom. The number of nitrogens with one attached hydrogen (secondary N) is 1. The van der Waals surface area contributed by atoms with Gasteiger partial charge in [-0.25, -0.2) is 3.97 Å². The number of hydrogen-bond acceptors (Lipinski definition) is 3. The number of rotatable bonds is 5. The molecule has 3 aromatic rings. The van der Waals surface area contributed by atoms with Crippen LogP contribution in [0.15, 0.2) is 54.7 Å². The Morgan fingerprint density at radius 3 is 2.57 bits per heavy atom. The topological polar surface area (TPSA) is 54.3 Å². The van der Waals surface area contributed by atoms with Crippen molar-refractivity contribution in [2.24, 2.45) is 0 Å². The van der Waals surface area contributed by atoms with E-state index in [1.54, 1.807) is 0 Å². The third-order valence-corrected chi connectivity index (χ3v) is 7.70. The van der Waals surface area contributed by atoms with Gasteiger partial charge >= 0.3 is 10.2 Å². The highest BCUT2D eigenvalue weighted by Crippen LogP contribution is 2.38. The fraction of sp³-hybridized carbons (Fsp3) is 0.333. The van der Waals surface area contributed by atoms with Gasteiger partial charge in [-0.2, -0.15) is 12.7 Å². The van der Waals surface area contributed by atoms with Crippen molar-refractivity contribution in [2.75, 3.05) is 27.2 Å². The van der Waals surface area contributed by atoms with Gasteiger partial charge in [0.05, 0.1) is 10.5 Å². The van der Waals surface area contributed by atoms with E-state index in [-0.39, 0.29) is 5.41 Å². The summed E-state index contributed by atoms with van der Waals surface area (Å²) in [6.07, 6.45) is 3.45. The van der Waals surface area contributed by atoms with Gasteiger partial charge in [0, 0.05) is 37.6 Å². The van der Waals surface area contributed by atoms with Crippen LogP contribution in [0, 0.1) is 0 Å². The molecule has 1 N–H and O–H groups in total. The van der Waals surface area contributed by atoms with Crippen LogP contribution in [0.1, 0.15) is 17.5 Å². The van der Waals surface area contributed by atoms with E-state index in [1.165, 1.54) is 39.7 Å². The first-order chi connectivity index (χ1) is 13.3. The van der Waals surface area contributed by atoms with Gasteiger partial charge in [0.25, 0.3) is 0 Å². The average Bonchev–Trinajstić information content (AvgIpc) is 3.28. The Labute approximate surface area is 171 Å². The van der Waals surface area contributed by atoms with Crippen molar-refractivity contribution in [1.29, 1.82) is 0 Å². The van der Waals surface area contributed by atoms with E-state index in [9.17, 15) is 8.42 Å². The molecule has 0 amide bonds. The monoisotopic (exact) mass is 417 g/mol. The molecule has 5 nitrogen and oxygen atoms in total. The molecule has 1 saturated heterocycles. The van der Waals surface area contributed by atoms with Gasteiger partial charge in [0.2, 0.25) is 0 Å². The maximum Gasteiger partial charge on any atom is 0.307 e. The molecule has 0 aliphatic carbocycles. The van der Waals surface area contributed by atoms with Gasteiger partial charge in [-0.3, -0.25) is 0 Å². The summed E-state index contributed by atoms with van der Waals surface area (Å²) in [6.45, 7) is 1.86. The molecule has 0 saturated carbocycles. The summed E-state index contributed by atoms with van der Waals surface area (Å²) in [6, 6.07) is 16.5. The molecule has 148 valence electrons. The summed E-state index contributed by atoms with van der Waals surface area (Å²) in [5.41, 5.74) is 3.06. The zero-order valence-corrected chi connectivity index (χ0v) is 17.6. The summed E-state index contributed by atoms with van der Waals surface area (Å²) in [5.74, 6) is 0. The molecule has 28 heavy (non-hydrogen) atoms. The van der Waals surface area contributed by atoms with Crippen LogP contribution in [0.5, 0.6) is 0 Å². The molecule has 1 unspecified atom stereocenters. The van der Waals surface area contributed by atoms with Crippen LogP contribution in [0.25, 0.3) is 10.9 Å². The highest BCUT2D eigenvalue weighted by molar-refractivity contribution is 7.87. The first kappa shape index (κ1) is 19.5. The summed E-state index contributed by atoms with van der Waals surface area (Å²) in [7, 11) is -0.592. The Kier molecular flexibility index (Phi) is 5.00. The lowest BCUT2D eigenvalue weighted by atomic mass is 9.74. The highest BCUT2D eigenvalue weighted by atomic mass is 35.5. The minimum Gasteiger partial charge on any atom is -0.316 e. The van der Waals surface area contributed by atoms with Crippen LogP contribution in [-0.2, 0) is 22.0 Å². The number of nitrogens with zero attached hydrogens (tertiary/aromatic N) is 2. The predicted molar refractivity (Wildman–Crippen MR) is 114 cm³/mol. The summed E-state index contributed by atoms with van der Waals surface area (Å²) >= 11 is 6.45. The average molecular weight is 418 g/mol. The molecule has 2 heterocycles. The minimum atomic E-state index is -3.63. The van der Waals surface area contributed by atoms with Crippen LogP contribution in [0.3, 0.4) is 0 Å². The van der Waals surface area contributed by atoms with Crippen molar-refractivity contribution in [1.82, 2.24) is 13.6 Å². The summed E-state index contributed by atoms with van der Waals surface area (Å²) in [4.78, 5) is 0. The van der Waals surface area contributed by atoms with Crippen LogP contribution in [0.4, 0.5) is 0 Å². The number of hydrogen-bond donors (Lipinski definition) is 1. The van der Waals surface area contributed by atoms with Gasteiger partial charge < -0.3 is 5.32 Å². The first-order valence-corrected chi connectivity index (χ1v) is 11.1. The van der Waals surface area contributed by atoms with Gasteiger partial charge in [0.15, 0.2) is 0 Å². The standard InChI is InChI=1S/C21H24ClN3O2S/c1-24(2)28(26,27)25-14-19(22)18-12-17(8-9-20(18)25)21(10-11-23-15-21)13-16-6-4-3-5-7-16/h3-9,12,14,23H,10-11,13,15H2,1-2H3. The SMILES string of the molecule is CN(C)S(=O)(=O)n1cc(Cl)c2cc(C3(Cc4ccccc4)CCNC3)ccc21. The van der Waals surface area contributed by atoms with E-state index in [2.05, 4.69) is 41.7 Å². The van der Waals surface area contributed by atoms with E-state index in [1.807, 2.05) is 12.1 Å². The second-order valence-corrected chi connectivity index (χ2v) is 10.1. The maximum absolute atomic E-state index is 12.6. The van der Waals surface area contributed by atoms with E-state index in [0.29, 0.717) is 10.5 Å². The number of benzene rings is 2. The van der Waals surface area contributed by atoms with E-state index in [4.69, 9.17) is 11.6 Å². The lowest BCUT2D eigenvalue weighted by molar-refractivity contribution is 0.468. The van der Waals surface area contributed by atoms with Crippen molar-refractivity contribution in [3.63, 3.8) is 0 Å². The lowest BCUT2D eigenvalue weighted by Gasteiger charge is -2.29. The molecular formula is C21H24ClN3O2S. The van der Waals surface area contributed by atoms with Crippen molar-refractivity contribution in [3.05, 3.63) is 70.9 Å². The number of aromatic nitrogens is 1. The number of fused-ring (bicyclic) bond motifs is 1. The second kappa shape index (κ2) is 7.19. The van der Waals surface area contributed by atoms with Gasteiger partial charge in [-0.15, -0.1) is 0 Å². The summed E-state index contributed by atoms with van der Waals surface area (Å²) in [5, 5.41) is 4.71. The largest absolute Gasteiger partial charge is 0.316 e. The molecule has 4 rings (SSSR count). The van der Waals surface area contributed by atoms with Gasteiger partial charge in [-0.05, 0) is 42.6 Å². The molecule has 7 heteroatoms. The molecule has 0 radical (unpaired) electrons. The van der Waals surface area contributed by atoms with E-state index < -0.39 is 10.2 Å².